The molecule has 2 aromatic rings. The predicted molar refractivity (Wildman–Crippen MR) is 105 cm³/mol. The summed E-state index contributed by atoms with van der Waals surface area (Å²) in [5.74, 6) is 1.90. The smallest absolute Gasteiger partial charge is 0.260 e. The normalized spacial score (nSPS) is 11.9. The van der Waals surface area contributed by atoms with Gasteiger partial charge in [-0.15, -0.1) is 0 Å². The summed E-state index contributed by atoms with van der Waals surface area (Å²) >= 11 is 0. The van der Waals surface area contributed by atoms with Crippen LogP contribution in [0.5, 0.6) is 11.5 Å². The third kappa shape index (κ3) is 5.80. The van der Waals surface area contributed by atoms with Gasteiger partial charge in [-0.3, -0.25) is 4.79 Å². The first-order valence-corrected chi connectivity index (χ1v) is 9.17. The van der Waals surface area contributed by atoms with Crippen LogP contribution in [0.2, 0.25) is 0 Å². The van der Waals surface area contributed by atoms with E-state index in [1.54, 1.807) is 14.0 Å². The van der Waals surface area contributed by atoms with Gasteiger partial charge in [0.1, 0.15) is 11.5 Å². The van der Waals surface area contributed by atoms with Crippen LogP contribution in [0.3, 0.4) is 0 Å². The number of ether oxygens (including phenoxy) is 2. The molecule has 2 rings (SSSR count). The van der Waals surface area contributed by atoms with Crippen LogP contribution in [0.25, 0.3) is 0 Å². The van der Waals surface area contributed by atoms with Crippen molar-refractivity contribution in [3.63, 3.8) is 0 Å². The van der Waals surface area contributed by atoms with Crippen molar-refractivity contribution >= 4 is 5.91 Å². The van der Waals surface area contributed by atoms with E-state index in [1.165, 1.54) is 5.56 Å². The van der Waals surface area contributed by atoms with E-state index in [9.17, 15) is 4.79 Å². The van der Waals surface area contributed by atoms with Crippen LogP contribution in [0.15, 0.2) is 48.5 Å². The number of hydrogen-bond donors (Lipinski definition) is 1. The number of aryl methyl sites for hydroxylation is 1. The van der Waals surface area contributed by atoms with E-state index in [4.69, 9.17) is 9.47 Å². The summed E-state index contributed by atoms with van der Waals surface area (Å²) in [7, 11) is 1.66. The summed E-state index contributed by atoms with van der Waals surface area (Å²) in [6.45, 7) is 6.64. The molecule has 0 fully saturated rings. The Labute approximate surface area is 156 Å². The monoisotopic (exact) mass is 355 g/mol. The maximum absolute atomic E-state index is 12.3. The fraction of sp³-hybridized carbons (Fsp3) is 0.409. The number of benzene rings is 2. The van der Waals surface area contributed by atoms with E-state index in [0.717, 1.165) is 29.9 Å². The number of amides is 1. The van der Waals surface area contributed by atoms with Crippen LogP contribution >= 0.6 is 0 Å². The zero-order chi connectivity index (χ0) is 18.9. The molecule has 1 atom stereocenters. The second-order valence-electron chi connectivity index (χ2n) is 6.70. The third-order valence-corrected chi connectivity index (χ3v) is 4.29. The van der Waals surface area contributed by atoms with Gasteiger partial charge in [-0.2, -0.15) is 0 Å². The van der Waals surface area contributed by atoms with Crippen molar-refractivity contribution in [2.75, 3.05) is 13.7 Å². The van der Waals surface area contributed by atoms with E-state index < -0.39 is 6.10 Å². The van der Waals surface area contributed by atoms with E-state index in [-0.39, 0.29) is 5.91 Å². The van der Waals surface area contributed by atoms with E-state index in [0.29, 0.717) is 12.5 Å². The molecule has 0 saturated carbocycles. The van der Waals surface area contributed by atoms with Crippen LogP contribution in [0.4, 0.5) is 0 Å². The number of carbonyl (C=O) groups is 1. The van der Waals surface area contributed by atoms with Gasteiger partial charge in [-0.25, -0.2) is 0 Å². The van der Waals surface area contributed by atoms with Crippen molar-refractivity contribution in [3.05, 3.63) is 59.7 Å². The minimum Gasteiger partial charge on any atom is -0.497 e. The van der Waals surface area contributed by atoms with Gasteiger partial charge in [-0.05, 0) is 55.0 Å². The first-order chi connectivity index (χ1) is 12.5. The Morgan fingerprint density at radius 3 is 2.58 bits per heavy atom. The molecule has 0 aliphatic heterocycles. The highest BCUT2D eigenvalue weighted by Gasteiger charge is 2.16. The van der Waals surface area contributed by atoms with Crippen molar-refractivity contribution < 1.29 is 14.3 Å². The molecular formula is C22H29NO3. The van der Waals surface area contributed by atoms with Gasteiger partial charge in [0.2, 0.25) is 0 Å². The molecule has 4 nitrogen and oxygen atoms in total. The van der Waals surface area contributed by atoms with Crippen molar-refractivity contribution in [2.45, 2.75) is 45.6 Å². The lowest BCUT2D eigenvalue weighted by molar-refractivity contribution is -0.127. The average molecular weight is 355 g/mol. The molecule has 0 aliphatic rings. The first-order valence-electron chi connectivity index (χ1n) is 9.17. The Hall–Kier alpha value is -2.49. The zero-order valence-corrected chi connectivity index (χ0v) is 16.1. The first kappa shape index (κ1) is 19.8. The molecular weight excluding hydrogens is 326 g/mol. The Balaban J connectivity index is 1.79. The standard InChI is InChI=1S/C22H29NO3/c1-16(2)20-12-5-6-13-21(20)26-17(3)22(24)23-14-8-10-18-9-7-11-19(15-18)25-4/h5-7,9,11-13,15-17H,8,10,14H2,1-4H3,(H,23,24)/t17-/m0/s1. The average Bonchev–Trinajstić information content (AvgIpc) is 2.65. The minimum atomic E-state index is -0.522. The summed E-state index contributed by atoms with van der Waals surface area (Å²) in [4.78, 5) is 12.3. The molecule has 0 unspecified atom stereocenters. The number of methoxy groups -OCH3 is 1. The quantitative estimate of drug-likeness (QED) is 0.681. The molecule has 2 aromatic carbocycles. The molecule has 0 aliphatic carbocycles. The van der Waals surface area contributed by atoms with Crippen molar-refractivity contribution in [3.8, 4) is 11.5 Å². The van der Waals surface area contributed by atoms with Crippen molar-refractivity contribution in [1.82, 2.24) is 5.32 Å². The van der Waals surface area contributed by atoms with Gasteiger partial charge in [0, 0.05) is 6.54 Å². The molecule has 0 spiro atoms. The van der Waals surface area contributed by atoms with Crippen molar-refractivity contribution in [1.29, 1.82) is 0 Å². The SMILES string of the molecule is COc1cccc(CCCNC(=O)[C@H](C)Oc2ccccc2C(C)C)c1. The molecule has 1 amide bonds. The molecule has 0 radical (unpaired) electrons. The van der Waals surface area contributed by atoms with Crippen molar-refractivity contribution in [2.24, 2.45) is 0 Å². The predicted octanol–water partition coefficient (Wildman–Crippen LogP) is 4.33. The van der Waals surface area contributed by atoms with Crippen LogP contribution in [-0.4, -0.2) is 25.7 Å². The Bertz CT molecular complexity index is 712. The second kappa shape index (κ2) is 9.85. The summed E-state index contributed by atoms with van der Waals surface area (Å²) in [5.41, 5.74) is 2.32. The van der Waals surface area contributed by atoms with Gasteiger partial charge in [0.05, 0.1) is 7.11 Å². The summed E-state index contributed by atoms with van der Waals surface area (Å²) in [6.07, 6.45) is 1.24. The lowest BCUT2D eigenvalue weighted by atomic mass is 10.0. The summed E-state index contributed by atoms with van der Waals surface area (Å²) in [6, 6.07) is 15.9. The highest BCUT2D eigenvalue weighted by atomic mass is 16.5. The highest BCUT2D eigenvalue weighted by molar-refractivity contribution is 5.80. The number of hydrogen-bond acceptors (Lipinski definition) is 3. The van der Waals surface area contributed by atoms with Gasteiger partial charge in [-0.1, -0.05) is 44.2 Å². The number of rotatable bonds is 9. The minimum absolute atomic E-state index is 0.0887. The Kier molecular flexibility index (Phi) is 7.52. The van der Waals surface area contributed by atoms with E-state index in [1.807, 2.05) is 42.5 Å². The molecule has 26 heavy (non-hydrogen) atoms. The maximum atomic E-state index is 12.3. The molecule has 1 N–H and O–H groups in total. The van der Waals surface area contributed by atoms with Gasteiger partial charge < -0.3 is 14.8 Å². The number of para-hydroxylation sites is 1. The number of nitrogens with one attached hydrogen (secondary N) is 1. The lowest BCUT2D eigenvalue weighted by Crippen LogP contribution is -2.37. The molecule has 4 heteroatoms. The largest absolute Gasteiger partial charge is 0.497 e. The molecule has 0 heterocycles. The van der Waals surface area contributed by atoms with Crippen LogP contribution in [0, 0.1) is 0 Å². The van der Waals surface area contributed by atoms with Crippen LogP contribution < -0.4 is 14.8 Å². The Morgan fingerprint density at radius 1 is 1.08 bits per heavy atom. The lowest BCUT2D eigenvalue weighted by Gasteiger charge is -2.18. The third-order valence-electron chi connectivity index (χ3n) is 4.29. The zero-order valence-electron chi connectivity index (χ0n) is 16.1. The molecule has 0 saturated heterocycles. The maximum Gasteiger partial charge on any atom is 0.260 e. The molecule has 0 bridgehead atoms. The van der Waals surface area contributed by atoms with E-state index in [2.05, 4.69) is 25.2 Å². The fourth-order valence-corrected chi connectivity index (χ4v) is 2.78. The second-order valence-corrected chi connectivity index (χ2v) is 6.70. The molecule has 0 aromatic heterocycles. The fourth-order valence-electron chi connectivity index (χ4n) is 2.78. The van der Waals surface area contributed by atoms with E-state index >= 15 is 0 Å². The summed E-state index contributed by atoms with van der Waals surface area (Å²) < 4.78 is 11.1. The topological polar surface area (TPSA) is 47.6 Å². The Morgan fingerprint density at radius 2 is 1.85 bits per heavy atom. The highest BCUT2D eigenvalue weighted by Crippen LogP contribution is 2.26. The molecule has 140 valence electrons. The van der Waals surface area contributed by atoms with Gasteiger partial charge >= 0.3 is 0 Å². The van der Waals surface area contributed by atoms with Crippen LogP contribution in [-0.2, 0) is 11.2 Å². The summed E-state index contributed by atoms with van der Waals surface area (Å²) in [5, 5.41) is 2.96. The van der Waals surface area contributed by atoms with Crippen LogP contribution in [0.1, 0.15) is 44.2 Å². The van der Waals surface area contributed by atoms with Gasteiger partial charge in [0.15, 0.2) is 6.10 Å². The number of carbonyl (C=O) groups excluding carboxylic acids is 1. The van der Waals surface area contributed by atoms with Gasteiger partial charge in [0.25, 0.3) is 5.91 Å².